The summed E-state index contributed by atoms with van der Waals surface area (Å²) in [6.07, 6.45) is 2.61. The van der Waals surface area contributed by atoms with Crippen LogP contribution >= 0.6 is 15.9 Å². The minimum atomic E-state index is 0.721. The fourth-order valence-electron chi connectivity index (χ4n) is 2.25. The fourth-order valence-corrected chi connectivity index (χ4v) is 2.61. The van der Waals surface area contributed by atoms with Crippen molar-refractivity contribution in [2.24, 2.45) is 0 Å². The first-order valence-corrected chi connectivity index (χ1v) is 6.44. The summed E-state index contributed by atoms with van der Waals surface area (Å²) >= 11 is 3.53. The summed E-state index contributed by atoms with van der Waals surface area (Å²) < 4.78 is 7.04. The maximum absolute atomic E-state index is 5.91. The third kappa shape index (κ3) is 1.68. The van der Waals surface area contributed by atoms with Gasteiger partial charge in [0.2, 0.25) is 0 Å². The number of rotatable bonds is 3. The second-order valence-electron chi connectivity index (χ2n) is 4.38. The van der Waals surface area contributed by atoms with Crippen molar-refractivity contribution in [3.05, 3.63) is 34.0 Å². The zero-order valence-corrected chi connectivity index (χ0v) is 10.8. The molecule has 0 bridgehead atoms. The van der Waals surface area contributed by atoms with Crippen molar-refractivity contribution in [1.82, 2.24) is 5.32 Å². The maximum Gasteiger partial charge on any atom is 0.134 e. The van der Waals surface area contributed by atoms with Gasteiger partial charge in [-0.1, -0.05) is 15.9 Å². The van der Waals surface area contributed by atoms with Crippen LogP contribution in [0.1, 0.15) is 30.1 Å². The SMILES string of the molecule is CNCc1oc2ccc(Br)cc2c1C1CC1. The van der Waals surface area contributed by atoms with Crippen LogP contribution in [0.25, 0.3) is 11.0 Å². The van der Waals surface area contributed by atoms with Gasteiger partial charge in [-0.25, -0.2) is 0 Å². The highest BCUT2D eigenvalue weighted by atomic mass is 79.9. The van der Waals surface area contributed by atoms with E-state index in [0.717, 1.165) is 28.3 Å². The summed E-state index contributed by atoms with van der Waals surface area (Å²) in [5, 5.41) is 4.46. The van der Waals surface area contributed by atoms with Gasteiger partial charge < -0.3 is 9.73 Å². The lowest BCUT2D eigenvalue weighted by atomic mass is 10.1. The number of hydrogen-bond donors (Lipinski definition) is 1. The quantitative estimate of drug-likeness (QED) is 0.925. The third-order valence-electron chi connectivity index (χ3n) is 3.09. The Morgan fingerprint density at radius 1 is 1.44 bits per heavy atom. The second-order valence-corrected chi connectivity index (χ2v) is 5.30. The molecule has 0 spiro atoms. The second kappa shape index (κ2) is 3.90. The summed E-state index contributed by atoms with van der Waals surface area (Å²) in [6.45, 7) is 0.818. The summed E-state index contributed by atoms with van der Waals surface area (Å²) in [6, 6.07) is 6.25. The summed E-state index contributed by atoms with van der Waals surface area (Å²) in [7, 11) is 1.96. The van der Waals surface area contributed by atoms with E-state index in [0.29, 0.717) is 0 Å². The van der Waals surface area contributed by atoms with Crippen LogP contribution < -0.4 is 5.32 Å². The molecule has 16 heavy (non-hydrogen) atoms. The maximum atomic E-state index is 5.91. The van der Waals surface area contributed by atoms with Crippen molar-refractivity contribution in [2.45, 2.75) is 25.3 Å². The number of furan rings is 1. The Balaban J connectivity index is 2.21. The van der Waals surface area contributed by atoms with Gasteiger partial charge in [0.25, 0.3) is 0 Å². The average molecular weight is 280 g/mol. The number of hydrogen-bond acceptors (Lipinski definition) is 2. The van der Waals surface area contributed by atoms with Crippen LogP contribution in [-0.4, -0.2) is 7.05 Å². The lowest BCUT2D eigenvalue weighted by Gasteiger charge is -1.99. The molecule has 0 saturated heterocycles. The fraction of sp³-hybridized carbons (Fsp3) is 0.385. The van der Waals surface area contributed by atoms with Crippen LogP contribution in [0.2, 0.25) is 0 Å². The third-order valence-corrected chi connectivity index (χ3v) is 3.58. The van der Waals surface area contributed by atoms with E-state index in [1.807, 2.05) is 19.2 Å². The molecule has 1 aromatic carbocycles. The van der Waals surface area contributed by atoms with Gasteiger partial charge in [0.15, 0.2) is 0 Å². The molecule has 0 radical (unpaired) electrons. The van der Waals surface area contributed by atoms with Gasteiger partial charge in [0.1, 0.15) is 11.3 Å². The molecule has 1 fully saturated rings. The summed E-state index contributed by atoms with van der Waals surface area (Å²) in [4.78, 5) is 0. The molecule has 1 N–H and O–H groups in total. The molecule has 2 aromatic rings. The van der Waals surface area contributed by atoms with E-state index in [4.69, 9.17) is 4.42 Å². The van der Waals surface area contributed by atoms with Crippen LogP contribution in [0, 0.1) is 0 Å². The van der Waals surface area contributed by atoms with Crippen molar-refractivity contribution >= 4 is 26.9 Å². The molecule has 0 aliphatic heterocycles. The largest absolute Gasteiger partial charge is 0.459 e. The van der Waals surface area contributed by atoms with Crippen LogP contribution in [0.4, 0.5) is 0 Å². The Kier molecular flexibility index (Phi) is 2.52. The van der Waals surface area contributed by atoms with Gasteiger partial charge in [0, 0.05) is 15.4 Å². The minimum Gasteiger partial charge on any atom is -0.459 e. The normalized spacial score (nSPS) is 15.9. The first kappa shape index (κ1) is 10.4. The lowest BCUT2D eigenvalue weighted by Crippen LogP contribution is -2.05. The highest BCUT2D eigenvalue weighted by Gasteiger charge is 2.30. The van der Waals surface area contributed by atoms with Crippen LogP contribution in [-0.2, 0) is 6.54 Å². The Hall–Kier alpha value is -0.800. The van der Waals surface area contributed by atoms with Crippen molar-refractivity contribution in [2.75, 3.05) is 7.05 Å². The topological polar surface area (TPSA) is 25.2 Å². The van der Waals surface area contributed by atoms with Gasteiger partial charge in [-0.15, -0.1) is 0 Å². The number of halogens is 1. The van der Waals surface area contributed by atoms with Crippen molar-refractivity contribution < 1.29 is 4.42 Å². The molecule has 1 heterocycles. The molecule has 1 aliphatic rings. The summed E-state index contributed by atoms with van der Waals surface area (Å²) in [5.41, 5.74) is 2.43. The number of nitrogens with one attached hydrogen (secondary N) is 1. The highest BCUT2D eigenvalue weighted by Crippen LogP contribution is 2.46. The molecule has 1 saturated carbocycles. The first-order chi connectivity index (χ1) is 7.79. The monoisotopic (exact) mass is 279 g/mol. The molecular weight excluding hydrogens is 266 g/mol. The predicted octanol–water partition coefficient (Wildman–Crippen LogP) is 3.79. The Morgan fingerprint density at radius 3 is 2.94 bits per heavy atom. The molecule has 0 unspecified atom stereocenters. The molecule has 0 amide bonds. The van der Waals surface area contributed by atoms with Gasteiger partial charge >= 0.3 is 0 Å². The number of fused-ring (bicyclic) bond motifs is 1. The molecule has 1 aliphatic carbocycles. The van der Waals surface area contributed by atoms with E-state index in [2.05, 4.69) is 27.3 Å². The van der Waals surface area contributed by atoms with Gasteiger partial charge in [-0.05, 0) is 44.0 Å². The molecule has 0 atom stereocenters. The Labute approximate surface area is 103 Å². The molecular formula is C13H14BrNO. The van der Waals surface area contributed by atoms with Gasteiger partial charge in [-0.2, -0.15) is 0 Å². The van der Waals surface area contributed by atoms with E-state index in [-0.39, 0.29) is 0 Å². The van der Waals surface area contributed by atoms with E-state index >= 15 is 0 Å². The molecule has 84 valence electrons. The minimum absolute atomic E-state index is 0.721. The molecule has 1 aromatic heterocycles. The van der Waals surface area contributed by atoms with Crippen molar-refractivity contribution in [1.29, 1.82) is 0 Å². The lowest BCUT2D eigenvalue weighted by molar-refractivity contribution is 0.524. The average Bonchev–Trinajstić information content (AvgIpc) is 3.02. The standard InChI is InChI=1S/C13H14BrNO/c1-15-7-12-13(8-2-3-8)10-6-9(14)4-5-11(10)16-12/h4-6,8,15H,2-3,7H2,1H3. The van der Waals surface area contributed by atoms with Crippen LogP contribution in [0.5, 0.6) is 0 Å². The molecule has 3 rings (SSSR count). The molecule has 2 nitrogen and oxygen atoms in total. The van der Waals surface area contributed by atoms with Crippen molar-refractivity contribution in [3.63, 3.8) is 0 Å². The molecule has 3 heteroatoms. The predicted molar refractivity (Wildman–Crippen MR) is 68.7 cm³/mol. The van der Waals surface area contributed by atoms with Crippen LogP contribution in [0.15, 0.2) is 27.1 Å². The Bertz CT molecular complexity index is 528. The van der Waals surface area contributed by atoms with Crippen molar-refractivity contribution in [3.8, 4) is 0 Å². The number of benzene rings is 1. The Morgan fingerprint density at radius 2 is 2.25 bits per heavy atom. The first-order valence-electron chi connectivity index (χ1n) is 5.65. The van der Waals surface area contributed by atoms with Gasteiger partial charge in [0.05, 0.1) is 6.54 Å². The van der Waals surface area contributed by atoms with E-state index in [1.165, 1.54) is 23.8 Å². The smallest absolute Gasteiger partial charge is 0.134 e. The highest BCUT2D eigenvalue weighted by molar-refractivity contribution is 9.10. The zero-order chi connectivity index (χ0) is 11.1. The van der Waals surface area contributed by atoms with Gasteiger partial charge in [-0.3, -0.25) is 0 Å². The van der Waals surface area contributed by atoms with E-state index < -0.39 is 0 Å². The zero-order valence-electron chi connectivity index (χ0n) is 9.22. The van der Waals surface area contributed by atoms with E-state index in [1.54, 1.807) is 0 Å². The van der Waals surface area contributed by atoms with E-state index in [9.17, 15) is 0 Å². The summed E-state index contributed by atoms with van der Waals surface area (Å²) in [5.74, 6) is 1.83. The van der Waals surface area contributed by atoms with Crippen LogP contribution in [0.3, 0.4) is 0 Å².